The molecule has 0 unspecified atom stereocenters. The number of thioether (sulfide) groups is 1. The molecule has 0 bridgehead atoms. The first-order chi connectivity index (χ1) is 16.4. The van der Waals surface area contributed by atoms with Crippen molar-refractivity contribution < 1.29 is 29.0 Å². The van der Waals surface area contributed by atoms with Crippen LogP contribution in [-0.4, -0.2) is 33.9 Å². The highest BCUT2D eigenvalue weighted by atomic mass is 35.5. The third kappa shape index (κ3) is 4.25. The van der Waals surface area contributed by atoms with E-state index in [2.05, 4.69) is 0 Å². The maximum atomic E-state index is 13.0. The average molecular weight is 494 g/mol. The molecule has 5 rings (SSSR count). The number of hydrogen-bond acceptors (Lipinski definition) is 6. The summed E-state index contributed by atoms with van der Waals surface area (Å²) in [5.74, 6) is -0.376. The van der Waals surface area contributed by atoms with E-state index in [1.54, 1.807) is 30.3 Å². The average Bonchev–Trinajstić information content (AvgIpc) is 3.38. The molecule has 1 N–H and O–H groups in total. The number of benzene rings is 3. The largest absolute Gasteiger partial charge is 0.478 e. The number of aromatic carboxylic acids is 1. The van der Waals surface area contributed by atoms with E-state index in [-0.39, 0.29) is 18.9 Å². The zero-order valence-electron chi connectivity index (χ0n) is 17.5. The fourth-order valence-corrected chi connectivity index (χ4v) is 4.73. The smallest absolute Gasteiger partial charge is 0.335 e. The lowest BCUT2D eigenvalue weighted by Gasteiger charge is -2.14. The molecule has 0 spiro atoms. The quantitative estimate of drug-likeness (QED) is 0.457. The lowest BCUT2D eigenvalue weighted by Crippen LogP contribution is -2.27. The minimum Gasteiger partial charge on any atom is -0.478 e. The van der Waals surface area contributed by atoms with Gasteiger partial charge >= 0.3 is 5.97 Å². The number of imide groups is 1. The summed E-state index contributed by atoms with van der Waals surface area (Å²) in [7, 11) is 0. The van der Waals surface area contributed by atoms with Crippen LogP contribution in [0, 0.1) is 0 Å². The van der Waals surface area contributed by atoms with Gasteiger partial charge in [-0.1, -0.05) is 41.9 Å². The predicted molar refractivity (Wildman–Crippen MR) is 128 cm³/mol. The van der Waals surface area contributed by atoms with E-state index >= 15 is 0 Å². The minimum atomic E-state index is -1.01. The van der Waals surface area contributed by atoms with Crippen molar-refractivity contribution in [1.82, 2.24) is 4.90 Å². The number of rotatable bonds is 5. The van der Waals surface area contributed by atoms with Crippen molar-refractivity contribution in [3.8, 4) is 22.6 Å². The highest BCUT2D eigenvalue weighted by Crippen LogP contribution is 2.39. The molecule has 3 aromatic carbocycles. The van der Waals surface area contributed by atoms with E-state index in [1.165, 1.54) is 6.07 Å². The summed E-state index contributed by atoms with van der Waals surface area (Å²) in [4.78, 5) is 38.3. The van der Waals surface area contributed by atoms with Crippen molar-refractivity contribution in [3.63, 3.8) is 0 Å². The first-order valence-corrected chi connectivity index (χ1v) is 11.4. The van der Waals surface area contributed by atoms with Crippen LogP contribution in [0.4, 0.5) is 4.79 Å². The summed E-state index contributed by atoms with van der Waals surface area (Å²) in [5.41, 5.74) is 3.01. The van der Waals surface area contributed by atoms with Crippen molar-refractivity contribution in [2.45, 2.75) is 6.54 Å². The number of halogens is 1. The molecule has 0 atom stereocenters. The molecule has 1 saturated heterocycles. The zero-order chi connectivity index (χ0) is 23.8. The van der Waals surface area contributed by atoms with Crippen molar-refractivity contribution in [1.29, 1.82) is 0 Å². The Morgan fingerprint density at radius 1 is 1.03 bits per heavy atom. The van der Waals surface area contributed by atoms with E-state index in [9.17, 15) is 19.5 Å². The van der Waals surface area contributed by atoms with Gasteiger partial charge in [-0.3, -0.25) is 14.5 Å². The standard InChI is InChI=1S/C25H16ClNO6S/c26-19-11-21-20(32-13-33-21)10-18(19)12-27-23(28)22(34-25(27)31)8-14-3-1-4-15(7-14)16-5-2-6-17(9-16)24(29)30/h1-11H,12-13H2,(H,29,30). The van der Waals surface area contributed by atoms with Crippen LogP contribution in [0.3, 0.4) is 0 Å². The second kappa shape index (κ2) is 8.89. The Morgan fingerprint density at radius 3 is 2.50 bits per heavy atom. The second-order valence-corrected chi connectivity index (χ2v) is 8.98. The summed E-state index contributed by atoms with van der Waals surface area (Å²) in [6.07, 6.45) is 1.65. The number of carboxylic acid groups (broad SMARTS) is 1. The topological polar surface area (TPSA) is 93.1 Å². The molecule has 2 heterocycles. The van der Waals surface area contributed by atoms with Crippen molar-refractivity contribution in [2.24, 2.45) is 0 Å². The summed E-state index contributed by atoms with van der Waals surface area (Å²) < 4.78 is 10.7. The lowest BCUT2D eigenvalue weighted by atomic mass is 10.0. The number of nitrogens with zero attached hydrogens (tertiary/aromatic N) is 1. The maximum absolute atomic E-state index is 13.0. The number of carboxylic acids is 1. The Kier molecular flexibility index (Phi) is 5.77. The molecule has 7 nitrogen and oxygen atoms in total. The SMILES string of the molecule is O=C(O)c1cccc(-c2cccc(C=C3SC(=O)N(Cc4cc5c(cc4Cl)OCO5)C3=O)c2)c1. The van der Waals surface area contributed by atoms with Gasteiger partial charge in [-0.15, -0.1) is 0 Å². The van der Waals surface area contributed by atoms with Crippen LogP contribution in [0.1, 0.15) is 21.5 Å². The third-order valence-corrected chi connectivity index (χ3v) is 6.63. The van der Waals surface area contributed by atoms with Gasteiger partial charge in [0.05, 0.1) is 17.0 Å². The van der Waals surface area contributed by atoms with Gasteiger partial charge in [0.1, 0.15) is 0 Å². The van der Waals surface area contributed by atoms with Crippen molar-refractivity contribution in [3.05, 3.63) is 87.3 Å². The van der Waals surface area contributed by atoms with Crippen molar-refractivity contribution in [2.75, 3.05) is 6.79 Å². The fourth-order valence-electron chi connectivity index (χ4n) is 3.68. The maximum Gasteiger partial charge on any atom is 0.335 e. The number of fused-ring (bicyclic) bond motifs is 1. The molecule has 0 radical (unpaired) electrons. The Balaban J connectivity index is 1.39. The van der Waals surface area contributed by atoms with Crippen LogP contribution in [0.25, 0.3) is 17.2 Å². The van der Waals surface area contributed by atoms with E-state index in [4.69, 9.17) is 21.1 Å². The van der Waals surface area contributed by atoms with Gasteiger partial charge in [-0.2, -0.15) is 0 Å². The Morgan fingerprint density at radius 2 is 1.74 bits per heavy atom. The second-order valence-electron chi connectivity index (χ2n) is 7.58. The molecule has 2 aliphatic rings. The molecule has 0 aromatic heterocycles. The van der Waals surface area contributed by atoms with Gasteiger partial charge in [-0.05, 0) is 64.4 Å². The van der Waals surface area contributed by atoms with Crippen LogP contribution in [0.15, 0.2) is 65.6 Å². The predicted octanol–water partition coefficient (Wildman–Crippen LogP) is 5.67. The summed E-state index contributed by atoms with van der Waals surface area (Å²) in [6, 6.07) is 17.2. The zero-order valence-corrected chi connectivity index (χ0v) is 19.1. The summed E-state index contributed by atoms with van der Waals surface area (Å²) in [5, 5.41) is 9.23. The molecule has 2 amide bonds. The van der Waals surface area contributed by atoms with Crippen LogP contribution < -0.4 is 9.47 Å². The molecule has 0 saturated carbocycles. The summed E-state index contributed by atoms with van der Waals surface area (Å²) >= 11 is 7.17. The molecular weight excluding hydrogens is 478 g/mol. The molecule has 34 heavy (non-hydrogen) atoms. The molecule has 3 aromatic rings. The van der Waals surface area contributed by atoms with Crippen LogP contribution in [-0.2, 0) is 11.3 Å². The lowest BCUT2D eigenvalue weighted by molar-refractivity contribution is -0.123. The van der Waals surface area contributed by atoms with E-state index in [0.717, 1.165) is 27.8 Å². The normalized spacial score (nSPS) is 15.9. The molecule has 9 heteroatoms. The van der Waals surface area contributed by atoms with Gasteiger partial charge in [0.25, 0.3) is 11.1 Å². The Bertz CT molecular complexity index is 1390. The summed E-state index contributed by atoms with van der Waals surface area (Å²) in [6.45, 7) is 0.110. The van der Waals surface area contributed by atoms with Gasteiger partial charge < -0.3 is 14.6 Å². The Labute approximate surface area is 203 Å². The number of carbonyl (C=O) groups is 3. The van der Waals surface area contributed by atoms with Gasteiger partial charge in [0.2, 0.25) is 6.79 Å². The number of hydrogen-bond donors (Lipinski definition) is 1. The molecule has 1 fully saturated rings. The van der Waals surface area contributed by atoms with E-state index < -0.39 is 17.1 Å². The minimum absolute atomic E-state index is 0.0134. The number of amides is 2. The van der Waals surface area contributed by atoms with E-state index in [0.29, 0.717) is 32.6 Å². The van der Waals surface area contributed by atoms with Gasteiger partial charge in [-0.25, -0.2) is 4.79 Å². The molecular formula is C25H16ClNO6S. The third-order valence-electron chi connectivity index (χ3n) is 5.37. The molecule has 170 valence electrons. The fraction of sp³-hybridized carbons (Fsp3) is 0.0800. The van der Waals surface area contributed by atoms with Crippen molar-refractivity contribution >= 4 is 46.6 Å². The molecule has 2 aliphatic heterocycles. The number of carbonyl (C=O) groups excluding carboxylic acids is 2. The first kappa shape index (κ1) is 22.1. The van der Waals surface area contributed by atoms with Crippen LogP contribution in [0.5, 0.6) is 11.5 Å². The molecule has 0 aliphatic carbocycles. The van der Waals surface area contributed by atoms with Gasteiger partial charge in [0.15, 0.2) is 11.5 Å². The Hall–Kier alpha value is -3.75. The number of ether oxygens (including phenoxy) is 2. The monoisotopic (exact) mass is 493 g/mol. The highest BCUT2D eigenvalue weighted by molar-refractivity contribution is 8.18. The van der Waals surface area contributed by atoms with Crippen LogP contribution >= 0.6 is 23.4 Å². The van der Waals surface area contributed by atoms with Crippen LogP contribution in [0.2, 0.25) is 5.02 Å². The van der Waals surface area contributed by atoms with E-state index in [1.807, 2.05) is 30.3 Å². The highest BCUT2D eigenvalue weighted by Gasteiger charge is 2.35. The first-order valence-electron chi connectivity index (χ1n) is 10.2. The van der Waals surface area contributed by atoms with Gasteiger partial charge in [0, 0.05) is 11.1 Å².